The van der Waals surface area contributed by atoms with Gasteiger partial charge in [-0.1, -0.05) is 5.04 Å². The van der Waals surface area contributed by atoms with Gasteiger partial charge in [0.2, 0.25) is 0 Å². The molecule has 0 aromatic rings. The molecule has 0 aliphatic rings. The Hall–Kier alpha value is 0.570. The summed E-state index contributed by atoms with van der Waals surface area (Å²) in [6.07, 6.45) is -1.84. The Kier molecular flexibility index (Phi) is 7.36. The summed E-state index contributed by atoms with van der Waals surface area (Å²) >= 11 is 0. The van der Waals surface area contributed by atoms with Crippen LogP contribution in [0.1, 0.15) is 0 Å². The molecular formula is C3H12NO9P3. The van der Waals surface area contributed by atoms with Crippen LogP contribution in [-0.2, 0) is 18.8 Å². The van der Waals surface area contributed by atoms with Crippen molar-refractivity contribution >= 4 is 24.0 Å². The quantitative estimate of drug-likeness (QED) is 0.172. The molecule has 1 atom stereocenters. The molecule has 0 amide bonds. The zero-order valence-corrected chi connectivity index (χ0v) is 10.6. The lowest BCUT2D eigenvalue weighted by atomic mass is 11.0. The summed E-state index contributed by atoms with van der Waals surface area (Å²) in [6.45, 7) is 0. The van der Waals surface area contributed by atoms with Crippen LogP contribution in [0.2, 0.25) is 0 Å². The van der Waals surface area contributed by atoms with Gasteiger partial charge in [-0.25, -0.2) is 5.26 Å². The molecular weight excluding hydrogens is 287 g/mol. The van der Waals surface area contributed by atoms with Gasteiger partial charge in [0.1, 0.15) is 12.6 Å². The summed E-state index contributed by atoms with van der Waals surface area (Å²) in [4.78, 5) is 35.4. The van der Waals surface area contributed by atoms with Gasteiger partial charge in [-0.2, -0.15) is 4.67 Å². The molecule has 0 aromatic heterocycles. The topological polar surface area (TPSA) is 157 Å². The number of nitrogens with zero attached hydrogens (tertiary/aromatic N) is 1. The Bertz CT molecular complexity index is 260. The van der Waals surface area contributed by atoms with Crippen LogP contribution in [0.4, 0.5) is 0 Å². The molecule has 0 fully saturated rings. The van der Waals surface area contributed by atoms with Gasteiger partial charge >= 0.3 is 15.2 Å². The summed E-state index contributed by atoms with van der Waals surface area (Å²) in [6, 6.07) is 0. The van der Waals surface area contributed by atoms with Gasteiger partial charge in [-0.05, 0) is 0 Å². The molecule has 0 saturated heterocycles. The van der Waals surface area contributed by atoms with E-state index in [1.807, 2.05) is 0 Å². The van der Waals surface area contributed by atoms with E-state index in [2.05, 4.69) is 9.71 Å². The van der Waals surface area contributed by atoms with Gasteiger partial charge in [0.05, 0.1) is 8.81 Å². The third-order valence-electron chi connectivity index (χ3n) is 1.15. The average molecular weight is 299 g/mol. The molecule has 98 valence electrons. The zero-order valence-electron chi connectivity index (χ0n) is 7.83. The van der Waals surface area contributed by atoms with E-state index < -0.39 is 36.6 Å². The van der Waals surface area contributed by atoms with Crippen molar-refractivity contribution in [1.29, 1.82) is 0 Å². The Balaban J connectivity index is 4.28. The third-order valence-corrected chi connectivity index (χ3v) is 3.46. The lowest BCUT2D eigenvalue weighted by Crippen LogP contribution is -2.25. The number of hydrogen-bond acceptors (Lipinski definition) is 6. The van der Waals surface area contributed by atoms with Gasteiger partial charge in [0.15, 0.2) is 0 Å². The van der Waals surface area contributed by atoms with Crippen LogP contribution >= 0.6 is 24.0 Å². The largest absolute Gasteiger partial charge is 0.339 e. The van der Waals surface area contributed by atoms with Crippen molar-refractivity contribution in [3.63, 3.8) is 0 Å². The monoisotopic (exact) mass is 299 g/mol. The predicted octanol–water partition coefficient (Wildman–Crippen LogP) is -0.469. The summed E-state index contributed by atoms with van der Waals surface area (Å²) in [5.74, 6) is 0. The van der Waals surface area contributed by atoms with Crippen LogP contribution in [0.5, 0.6) is 0 Å². The van der Waals surface area contributed by atoms with Crippen molar-refractivity contribution in [3.8, 4) is 0 Å². The van der Waals surface area contributed by atoms with Crippen molar-refractivity contribution in [2.24, 2.45) is 0 Å². The SMILES string of the molecule is O=P(O)(O)CN(CPOOO)CP(=O)(O)O. The molecule has 16 heavy (non-hydrogen) atoms. The van der Waals surface area contributed by atoms with Gasteiger partial charge < -0.3 is 19.6 Å². The lowest BCUT2D eigenvalue weighted by Gasteiger charge is -2.21. The van der Waals surface area contributed by atoms with Gasteiger partial charge in [0.25, 0.3) is 0 Å². The fourth-order valence-corrected chi connectivity index (χ4v) is 3.30. The van der Waals surface area contributed by atoms with Crippen molar-refractivity contribution in [2.75, 3.05) is 18.9 Å². The summed E-state index contributed by atoms with van der Waals surface area (Å²) < 4.78 is 25.3. The minimum absolute atomic E-state index is 0.198. The Morgan fingerprint density at radius 3 is 1.81 bits per heavy atom. The van der Waals surface area contributed by atoms with Crippen LogP contribution in [0.15, 0.2) is 0 Å². The molecule has 0 aromatic carbocycles. The minimum atomic E-state index is -4.43. The molecule has 0 radical (unpaired) electrons. The summed E-state index contributed by atoms with van der Waals surface area (Å²) in [5, 5.41) is 11.1. The smallest absolute Gasteiger partial charge is 0.324 e. The first-order valence-electron chi connectivity index (χ1n) is 3.65. The van der Waals surface area contributed by atoms with E-state index in [0.29, 0.717) is 0 Å². The van der Waals surface area contributed by atoms with E-state index in [1.165, 1.54) is 0 Å². The molecule has 5 N–H and O–H groups in total. The first-order chi connectivity index (χ1) is 7.14. The molecule has 0 aliphatic heterocycles. The molecule has 0 heterocycles. The average Bonchev–Trinajstić information content (AvgIpc) is 1.97. The highest BCUT2D eigenvalue weighted by Gasteiger charge is 2.25. The fraction of sp³-hybridized carbons (Fsp3) is 1.00. The first kappa shape index (κ1) is 16.6. The first-order valence-corrected chi connectivity index (χ1v) is 8.36. The number of rotatable bonds is 8. The second-order valence-corrected chi connectivity index (χ2v) is 6.74. The summed E-state index contributed by atoms with van der Waals surface area (Å²) in [7, 11) is -9.41. The molecule has 0 aliphatic carbocycles. The zero-order chi connectivity index (χ0) is 12.8. The highest BCUT2D eigenvalue weighted by Crippen LogP contribution is 2.41. The molecule has 0 rings (SSSR count). The normalized spacial score (nSPS) is 14.1. The maximum atomic E-state index is 10.6. The minimum Gasteiger partial charge on any atom is -0.324 e. The van der Waals surface area contributed by atoms with Gasteiger partial charge in [0, 0.05) is 6.29 Å². The van der Waals surface area contributed by atoms with E-state index in [4.69, 9.17) is 24.8 Å². The molecule has 10 nitrogen and oxygen atoms in total. The number of hydrogen-bond donors (Lipinski definition) is 5. The van der Waals surface area contributed by atoms with Crippen LogP contribution in [-0.4, -0.2) is 48.6 Å². The van der Waals surface area contributed by atoms with Crippen LogP contribution in [0.3, 0.4) is 0 Å². The van der Waals surface area contributed by atoms with Gasteiger partial charge in [-0.15, -0.1) is 0 Å². The molecule has 13 heteroatoms. The van der Waals surface area contributed by atoms with E-state index in [9.17, 15) is 9.13 Å². The van der Waals surface area contributed by atoms with E-state index in [-0.39, 0.29) is 6.29 Å². The third kappa shape index (κ3) is 11.1. The van der Waals surface area contributed by atoms with Crippen LogP contribution in [0.25, 0.3) is 0 Å². The second-order valence-electron chi connectivity index (χ2n) is 2.74. The van der Waals surface area contributed by atoms with E-state index >= 15 is 0 Å². The second kappa shape index (κ2) is 7.10. The standard InChI is InChI=1S/C3H12NO9P3/c5-12-13-14-1-4(2-15(6,7)8)3-16(9,10)11/h5,14H,1-3H2,(H2,6,7,8)(H2,9,10,11). The van der Waals surface area contributed by atoms with Crippen molar-refractivity contribution < 1.29 is 43.7 Å². The summed E-state index contributed by atoms with van der Waals surface area (Å²) in [5.41, 5.74) is 0. The van der Waals surface area contributed by atoms with E-state index in [0.717, 1.165) is 4.90 Å². The molecule has 1 unspecified atom stereocenters. The fourth-order valence-electron chi connectivity index (χ4n) is 0.810. The Morgan fingerprint density at radius 1 is 1.06 bits per heavy atom. The van der Waals surface area contributed by atoms with Gasteiger partial charge in [-0.3, -0.25) is 14.0 Å². The Labute approximate surface area is 92.2 Å². The van der Waals surface area contributed by atoms with E-state index in [1.54, 1.807) is 0 Å². The maximum Gasteiger partial charge on any atom is 0.339 e. The van der Waals surface area contributed by atoms with Crippen molar-refractivity contribution in [2.45, 2.75) is 0 Å². The molecule has 0 bridgehead atoms. The van der Waals surface area contributed by atoms with Crippen LogP contribution in [0, 0.1) is 0 Å². The maximum absolute atomic E-state index is 10.6. The van der Waals surface area contributed by atoms with Crippen molar-refractivity contribution in [1.82, 2.24) is 4.90 Å². The molecule has 0 spiro atoms. The Morgan fingerprint density at radius 2 is 1.50 bits per heavy atom. The lowest BCUT2D eigenvalue weighted by molar-refractivity contribution is -0.435. The van der Waals surface area contributed by atoms with Crippen LogP contribution < -0.4 is 0 Å². The van der Waals surface area contributed by atoms with Crippen molar-refractivity contribution in [3.05, 3.63) is 0 Å². The highest BCUT2D eigenvalue weighted by molar-refractivity contribution is 7.52. The molecule has 0 saturated carbocycles. The predicted molar refractivity (Wildman–Crippen MR) is 53.6 cm³/mol. The highest BCUT2D eigenvalue weighted by atomic mass is 31.2.